The lowest BCUT2D eigenvalue weighted by molar-refractivity contribution is -0.145. The molecule has 0 saturated carbocycles. The number of hydrogen-bond acceptors (Lipinski definition) is 5. The van der Waals surface area contributed by atoms with Crippen LogP contribution in [0.5, 0.6) is 0 Å². The van der Waals surface area contributed by atoms with Crippen molar-refractivity contribution < 1.29 is 23.5 Å². The van der Waals surface area contributed by atoms with Crippen LogP contribution in [-0.2, 0) is 18.8 Å². The maximum atomic E-state index is 12.2. The van der Waals surface area contributed by atoms with E-state index in [1.54, 1.807) is 30.3 Å². The van der Waals surface area contributed by atoms with E-state index in [0.29, 0.717) is 18.6 Å². The Hall–Kier alpha value is -2.19. The summed E-state index contributed by atoms with van der Waals surface area (Å²) in [4.78, 5) is 36.2. The zero-order chi connectivity index (χ0) is 21.4. The smallest absolute Gasteiger partial charge is 0.328 e. The maximum absolute atomic E-state index is 12.2. The monoisotopic (exact) mass is 408 g/mol. The van der Waals surface area contributed by atoms with Crippen LogP contribution in [0.15, 0.2) is 30.3 Å². The molecule has 0 aromatic heterocycles. The van der Waals surface area contributed by atoms with Crippen molar-refractivity contribution in [2.45, 2.75) is 51.4 Å². The van der Waals surface area contributed by atoms with Crippen LogP contribution in [0.4, 0.5) is 0 Å². The van der Waals surface area contributed by atoms with E-state index in [9.17, 15) is 14.4 Å². The van der Waals surface area contributed by atoms with Crippen molar-refractivity contribution in [3.63, 3.8) is 0 Å². The summed E-state index contributed by atoms with van der Waals surface area (Å²) < 4.78 is 10.8. The molecule has 2 amide bonds. The van der Waals surface area contributed by atoms with Gasteiger partial charge in [0, 0.05) is 18.6 Å². The van der Waals surface area contributed by atoms with Crippen LogP contribution >= 0.6 is 0 Å². The fourth-order valence-corrected chi connectivity index (χ4v) is 3.20. The van der Waals surface area contributed by atoms with Crippen molar-refractivity contribution >= 4 is 26.1 Å². The zero-order valence-corrected chi connectivity index (χ0v) is 18.6. The molecule has 7 nitrogen and oxygen atoms in total. The number of esters is 1. The molecule has 1 rings (SSSR count). The van der Waals surface area contributed by atoms with Crippen molar-refractivity contribution in [3.05, 3.63) is 35.9 Å². The number of rotatable bonds is 9. The van der Waals surface area contributed by atoms with Gasteiger partial charge in [0.05, 0.1) is 13.7 Å². The second kappa shape index (κ2) is 10.4. The van der Waals surface area contributed by atoms with Crippen molar-refractivity contribution in [2.24, 2.45) is 0 Å². The Bertz CT molecular complexity index is 671. The number of hydrogen-bond donors (Lipinski definition) is 2. The largest absolute Gasteiger partial charge is 0.467 e. The minimum Gasteiger partial charge on any atom is -0.467 e. The van der Waals surface area contributed by atoms with Crippen LogP contribution in [0, 0.1) is 0 Å². The van der Waals surface area contributed by atoms with Gasteiger partial charge >= 0.3 is 5.97 Å². The number of benzene rings is 1. The molecule has 0 fully saturated rings. The standard InChI is InChI=1S/C20H32N2O5Si/c1-20(2,3)28(5,6)27-13-12-16(19(25)26-4)22-17(23)14-21-18(24)15-10-8-7-9-11-15/h7-11,16H,12-14H2,1-6H3,(H,21,24)(H,22,23)/t16-/m0/s1. The molecular weight excluding hydrogens is 376 g/mol. The lowest BCUT2D eigenvalue weighted by atomic mass is 10.2. The average molecular weight is 409 g/mol. The van der Waals surface area contributed by atoms with Gasteiger partial charge in [0.1, 0.15) is 6.04 Å². The van der Waals surface area contributed by atoms with Crippen molar-refractivity contribution in [1.29, 1.82) is 0 Å². The van der Waals surface area contributed by atoms with Gasteiger partial charge in [0.15, 0.2) is 8.32 Å². The van der Waals surface area contributed by atoms with Gasteiger partial charge in [0.25, 0.3) is 5.91 Å². The lowest BCUT2D eigenvalue weighted by Crippen LogP contribution is -2.47. The summed E-state index contributed by atoms with van der Waals surface area (Å²) in [5, 5.41) is 5.19. The second-order valence-corrected chi connectivity index (χ2v) is 12.9. The topological polar surface area (TPSA) is 93.7 Å². The SMILES string of the molecule is COC(=O)[C@H](CCO[Si](C)(C)C(C)(C)C)NC(=O)CNC(=O)c1ccccc1. The number of nitrogens with one attached hydrogen (secondary N) is 2. The number of ether oxygens (including phenoxy) is 1. The van der Waals surface area contributed by atoms with E-state index in [2.05, 4.69) is 44.5 Å². The Labute approximate surface area is 168 Å². The Morgan fingerprint density at radius 2 is 1.71 bits per heavy atom. The fourth-order valence-electron chi connectivity index (χ4n) is 2.14. The molecule has 0 radical (unpaired) electrons. The summed E-state index contributed by atoms with van der Waals surface area (Å²) in [6, 6.07) is 7.77. The number of carbonyl (C=O) groups is 3. The van der Waals surface area contributed by atoms with Crippen molar-refractivity contribution in [1.82, 2.24) is 10.6 Å². The lowest BCUT2D eigenvalue weighted by Gasteiger charge is -2.36. The zero-order valence-electron chi connectivity index (χ0n) is 17.6. The molecule has 0 aliphatic rings. The van der Waals surface area contributed by atoms with Crippen LogP contribution in [0.2, 0.25) is 18.1 Å². The summed E-state index contributed by atoms with van der Waals surface area (Å²) in [6.07, 6.45) is 0.303. The molecule has 0 heterocycles. The van der Waals surface area contributed by atoms with Crippen LogP contribution < -0.4 is 10.6 Å². The van der Waals surface area contributed by atoms with Gasteiger partial charge in [-0.2, -0.15) is 0 Å². The predicted octanol–water partition coefficient (Wildman–Crippen LogP) is 2.49. The Balaban J connectivity index is 2.55. The third-order valence-corrected chi connectivity index (χ3v) is 9.48. The Kier molecular flexibility index (Phi) is 8.84. The Morgan fingerprint density at radius 3 is 2.25 bits per heavy atom. The summed E-state index contributed by atoms with van der Waals surface area (Å²) in [5.74, 6) is -1.36. The minimum atomic E-state index is -1.95. The van der Waals surface area contributed by atoms with E-state index in [4.69, 9.17) is 9.16 Å². The van der Waals surface area contributed by atoms with E-state index < -0.39 is 26.2 Å². The van der Waals surface area contributed by atoms with Gasteiger partial charge < -0.3 is 19.8 Å². The molecule has 0 bridgehead atoms. The first-order chi connectivity index (χ1) is 13.0. The van der Waals surface area contributed by atoms with E-state index in [-0.39, 0.29) is 17.5 Å². The van der Waals surface area contributed by atoms with Gasteiger partial charge in [-0.05, 0) is 30.3 Å². The van der Waals surface area contributed by atoms with Crippen LogP contribution in [0.3, 0.4) is 0 Å². The number of methoxy groups -OCH3 is 1. The highest BCUT2D eigenvalue weighted by Crippen LogP contribution is 2.36. The molecule has 28 heavy (non-hydrogen) atoms. The second-order valence-electron chi connectivity index (χ2n) is 8.09. The van der Waals surface area contributed by atoms with Gasteiger partial charge in [-0.15, -0.1) is 0 Å². The normalized spacial score (nSPS) is 12.8. The van der Waals surface area contributed by atoms with Crippen LogP contribution in [0.25, 0.3) is 0 Å². The highest BCUT2D eigenvalue weighted by molar-refractivity contribution is 6.74. The summed E-state index contributed by atoms with van der Waals surface area (Å²) >= 11 is 0. The summed E-state index contributed by atoms with van der Waals surface area (Å²) in [7, 11) is -0.675. The molecule has 0 aliphatic carbocycles. The van der Waals surface area contributed by atoms with Crippen LogP contribution in [0.1, 0.15) is 37.6 Å². The summed E-state index contributed by atoms with van der Waals surface area (Å²) in [5.41, 5.74) is 0.461. The van der Waals surface area contributed by atoms with E-state index >= 15 is 0 Å². The van der Waals surface area contributed by atoms with E-state index in [1.165, 1.54) is 7.11 Å². The minimum absolute atomic E-state index is 0.0543. The molecule has 1 atom stereocenters. The van der Waals surface area contributed by atoms with Crippen molar-refractivity contribution in [2.75, 3.05) is 20.3 Å². The third-order valence-electron chi connectivity index (χ3n) is 4.94. The first-order valence-electron chi connectivity index (χ1n) is 9.32. The maximum Gasteiger partial charge on any atom is 0.328 e. The molecular formula is C20H32N2O5Si. The van der Waals surface area contributed by atoms with Gasteiger partial charge in [-0.3, -0.25) is 9.59 Å². The average Bonchev–Trinajstić information content (AvgIpc) is 2.64. The van der Waals surface area contributed by atoms with E-state index in [1.807, 2.05) is 0 Å². The van der Waals surface area contributed by atoms with Crippen molar-refractivity contribution in [3.8, 4) is 0 Å². The first kappa shape index (κ1) is 23.8. The third kappa shape index (κ3) is 7.44. The number of amides is 2. The number of carbonyl (C=O) groups excluding carboxylic acids is 3. The molecule has 2 N–H and O–H groups in total. The molecule has 1 aromatic carbocycles. The fraction of sp³-hybridized carbons (Fsp3) is 0.550. The molecule has 0 unspecified atom stereocenters. The highest BCUT2D eigenvalue weighted by atomic mass is 28.4. The first-order valence-corrected chi connectivity index (χ1v) is 12.2. The van der Waals surface area contributed by atoms with Gasteiger partial charge in [0.2, 0.25) is 5.91 Å². The summed E-state index contributed by atoms with van der Waals surface area (Å²) in [6.45, 7) is 10.8. The molecule has 0 spiro atoms. The molecule has 8 heteroatoms. The Morgan fingerprint density at radius 1 is 1.11 bits per heavy atom. The van der Waals surface area contributed by atoms with Crippen LogP contribution in [-0.4, -0.2) is 52.4 Å². The predicted molar refractivity (Wildman–Crippen MR) is 110 cm³/mol. The van der Waals surface area contributed by atoms with E-state index in [0.717, 1.165) is 0 Å². The molecule has 0 aliphatic heterocycles. The van der Waals surface area contributed by atoms with Gasteiger partial charge in [-0.1, -0.05) is 39.0 Å². The quantitative estimate of drug-likeness (QED) is 0.484. The highest BCUT2D eigenvalue weighted by Gasteiger charge is 2.37. The van der Waals surface area contributed by atoms with Gasteiger partial charge in [-0.25, -0.2) is 4.79 Å². The molecule has 156 valence electrons. The molecule has 1 aromatic rings. The molecule has 0 saturated heterocycles.